The summed E-state index contributed by atoms with van der Waals surface area (Å²) in [6.07, 6.45) is 2.55. The van der Waals surface area contributed by atoms with Crippen LogP contribution in [-0.4, -0.2) is 18.2 Å². The summed E-state index contributed by atoms with van der Waals surface area (Å²) in [4.78, 5) is 12.5. The van der Waals surface area contributed by atoms with E-state index in [1.165, 1.54) is 11.1 Å². The van der Waals surface area contributed by atoms with Crippen molar-refractivity contribution in [3.05, 3.63) is 35.4 Å². The standard InChI is InChI=1S/C18H24O3/c1-5-17(15(19)20-6-2)18(21-17)12-11-16(3,4)13-9-7-8-10-14(13)18/h7-10H,5-6,11-12H2,1-4H3. The zero-order chi connectivity index (χ0) is 15.3. The van der Waals surface area contributed by atoms with Crippen LogP contribution in [0.4, 0.5) is 0 Å². The Morgan fingerprint density at radius 3 is 2.48 bits per heavy atom. The maximum atomic E-state index is 12.5. The average molecular weight is 288 g/mol. The summed E-state index contributed by atoms with van der Waals surface area (Å²) >= 11 is 0. The second kappa shape index (κ2) is 4.57. The molecule has 2 unspecified atom stereocenters. The van der Waals surface area contributed by atoms with E-state index in [-0.39, 0.29) is 11.4 Å². The molecule has 1 aromatic rings. The van der Waals surface area contributed by atoms with Gasteiger partial charge in [0, 0.05) is 0 Å². The van der Waals surface area contributed by atoms with E-state index in [4.69, 9.17) is 9.47 Å². The largest absolute Gasteiger partial charge is 0.464 e. The van der Waals surface area contributed by atoms with Crippen molar-refractivity contribution in [2.24, 2.45) is 0 Å². The summed E-state index contributed by atoms with van der Waals surface area (Å²) in [5.74, 6) is -0.206. The van der Waals surface area contributed by atoms with Crippen LogP contribution in [0.15, 0.2) is 24.3 Å². The molecule has 1 aliphatic heterocycles. The minimum atomic E-state index is -0.782. The Bertz CT molecular complexity index is 578. The van der Waals surface area contributed by atoms with Crippen molar-refractivity contribution < 1.29 is 14.3 Å². The van der Waals surface area contributed by atoms with Crippen molar-refractivity contribution in [1.29, 1.82) is 0 Å². The number of carbonyl (C=O) groups is 1. The van der Waals surface area contributed by atoms with E-state index in [9.17, 15) is 4.79 Å². The van der Waals surface area contributed by atoms with Gasteiger partial charge >= 0.3 is 5.97 Å². The Kier molecular flexibility index (Phi) is 3.17. The van der Waals surface area contributed by atoms with Crippen LogP contribution in [0, 0.1) is 0 Å². The van der Waals surface area contributed by atoms with Gasteiger partial charge in [-0.15, -0.1) is 0 Å². The van der Waals surface area contributed by atoms with E-state index in [1.54, 1.807) is 0 Å². The smallest absolute Gasteiger partial charge is 0.341 e. The molecule has 2 aliphatic rings. The molecule has 0 saturated carbocycles. The van der Waals surface area contributed by atoms with Crippen LogP contribution < -0.4 is 0 Å². The lowest BCUT2D eigenvalue weighted by Gasteiger charge is -2.37. The van der Waals surface area contributed by atoms with Gasteiger partial charge in [0.1, 0.15) is 5.60 Å². The molecule has 0 N–H and O–H groups in total. The second-order valence-corrected chi connectivity index (χ2v) is 6.76. The lowest BCUT2D eigenvalue weighted by molar-refractivity contribution is -0.149. The molecule has 1 heterocycles. The lowest BCUT2D eigenvalue weighted by atomic mass is 9.65. The van der Waals surface area contributed by atoms with Gasteiger partial charge in [0.25, 0.3) is 0 Å². The first-order chi connectivity index (χ1) is 9.93. The molecule has 0 bridgehead atoms. The van der Waals surface area contributed by atoms with E-state index < -0.39 is 11.2 Å². The van der Waals surface area contributed by atoms with Gasteiger partial charge in [-0.3, -0.25) is 0 Å². The highest BCUT2D eigenvalue weighted by Gasteiger charge is 2.76. The minimum absolute atomic E-state index is 0.127. The molecule has 1 aromatic carbocycles. The molecular weight excluding hydrogens is 264 g/mol. The predicted molar refractivity (Wildman–Crippen MR) is 81.1 cm³/mol. The number of carbonyl (C=O) groups excluding carboxylic acids is 1. The highest BCUT2D eigenvalue weighted by Crippen LogP contribution is 2.65. The van der Waals surface area contributed by atoms with Crippen molar-refractivity contribution in [3.8, 4) is 0 Å². The minimum Gasteiger partial charge on any atom is -0.464 e. The van der Waals surface area contributed by atoms with Gasteiger partial charge in [0.15, 0.2) is 5.60 Å². The zero-order valence-corrected chi connectivity index (χ0v) is 13.4. The normalized spacial score (nSPS) is 32.6. The van der Waals surface area contributed by atoms with Gasteiger partial charge in [0.2, 0.25) is 0 Å². The lowest BCUT2D eigenvalue weighted by Crippen LogP contribution is -2.39. The molecular formula is C18H24O3. The molecule has 0 radical (unpaired) electrons. The number of epoxide rings is 1. The molecule has 1 fully saturated rings. The number of hydrogen-bond donors (Lipinski definition) is 0. The third-order valence-corrected chi connectivity index (χ3v) is 5.26. The fourth-order valence-corrected chi connectivity index (χ4v) is 3.94. The van der Waals surface area contributed by atoms with Crippen LogP contribution in [-0.2, 0) is 25.3 Å². The van der Waals surface area contributed by atoms with Crippen molar-refractivity contribution in [2.75, 3.05) is 6.61 Å². The monoisotopic (exact) mass is 288 g/mol. The van der Waals surface area contributed by atoms with Gasteiger partial charge < -0.3 is 9.47 Å². The highest BCUT2D eigenvalue weighted by atomic mass is 16.7. The van der Waals surface area contributed by atoms with Crippen molar-refractivity contribution in [2.45, 2.75) is 63.6 Å². The highest BCUT2D eigenvalue weighted by molar-refractivity contribution is 5.86. The van der Waals surface area contributed by atoms with Gasteiger partial charge in [-0.05, 0) is 42.7 Å². The van der Waals surface area contributed by atoms with E-state index in [0.29, 0.717) is 13.0 Å². The molecule has 0 aromatic heterocycles. The number of benzene rings is 1. The molecule has 21 heavy (non-hydrogen) atoms. The predicted octanol–water partition coefficient (Wildman–Crippen LogP) is 3.70. The number of rotatable bonds is 3. The summed E-state index contributed by atoms with van der Waals surface area (Å²) in [6.45, 7) is 8.77. The first-order valence-electron chi connectivity index (χ1n) is 7.91. The Hall–Kier alpha value is -1.35. The van der Waals surface area contributed by atoms with Crippen LogP contribution >= 0.6 is 0 Å². The molecule has 1 spiro atoms. The van der Waals surface area contributed by atoms with E-state index in [1.807, 2.05) is 19.9 Å². The summed E-state index contributed by atoms with van der Waals surface area (Å²) in [7, 11) is 0. The first-order valence-corrected chi connectivity index (χ1v) is 7.91. The topological polar surface area (TPSA) is 38.8 Å². The third-order valence-electron chi connectivity index (χ3n) is 5.26. The van der Waals surface area contributed by atoms with Crippen molar-refractivity contribution in [3.63, 3.8) is 0 Å². The molecule has 2 atom stereocenters. The Morgan fingerprint density at radius 2 is 1.86 bits per heavy atom. The van der Waals surface area contributed by atoms with Gasteiger partial charge in [-0.2, -0.15) is 0 Å². The Labute approximate surface area is 126 Å². The maximum absolute atomic E-state index is 12.5. The van der Waals surface area contributed by atoms with E-state index in [2.05, 4.69) is 32.0 Å². The van der Waals surface area contributed by atoms with Crippen LogP contribution in [0.5, 0.6) is 0 Å². The van der Waals surface area contributed by atoms with Crippen LogP contribution in [0.1, 0.15) is 58.1 Å². The van der Waals surface area contributed by atoms with Gasteiger partial charge in [-0.1, -0.05) is 45.0 Å². The summed E-state index contributed by atoms with van der Waals surface area (Å²) < 4.78 is 11.4. The number of esters is 1. The van der Waals surface area contributed by atoms with Crippen molar-refractivity contribution in [1.82, 2.24) is 0 Å². The molecule has 0 amide bonds. The van der Waals surface area contributed by atoms with E-state index >= 15 is 0 Å². The Balaban J connectivity index is 2.07. The fraction of sp³-hybridized carbons (Fsp3) is 0.611. The molecule has 3 rings (SSSR count). The van der Waals surface area contributed by atoms with Crippen molar-refractivity contribution >= 4 is 5.97 Å². The molecule has 1 saturated heterocycles. The summed E-state index contributed by atoms with van der Waals surface area (Å²) in [6, 6.07) is 8.39. The van der Waals surface area contributed by atoms with Crippen LogP contribution in [0.25, 0.3) is 0 Å². The summed E-state index contributed by atoms with van der Waals surface area (Å²) in [5, 5.41) is 0. The molecule has 1 aliphatic carbocycles. The third kappa shape index (κ3) is 1.80. The number of ether oxygens (including phenoxy) is 2. The maximum Gasteiger partial charge on any atom is 0.341 e. The number of fused-ring (bicyclic) bond motifs is 2. The molecule has 114 valence electrons. The fourth-order valence-electron chi connectivity index (χ4n) is 3.94. The summed E-state index contributed by atoms with van der Waals surface area (Å²) in [5.41, 5.74) is 1.35. The molecule has 3 nitrogen and oxygen atoms in total. The number of hydrogen-bond acceptors (Lipinski definition) is 3. The average Bonchev–Trinajstić information content (AvgIpc) is 3.15. The first kappa shape index (κ1) is 14.6. The van der Waals surface area contributed by atoms with Crippen LogP contribution in [0.3, 0.4) is 0 Å². The van der Waals surface area contributed by atoms with Gasteiger partial charge in [-0.25, -0.2) is 4.79 Å². The zero-order valence-electron chi connectivity index (χ0n) is 13.4. The molecule has 3 heteroatoms. The van der Waals surface area contributed by atoms with Gasteiger partial charge in [0.05, 0.1) is 6.61 Å². The quantitative estimate of drug-likeness (QED) is 0.629. The Morgan fingerprint density at radius 1 is 1.19 bits per heavy atom. The van der Waals surface area contributed by atoms with E-state index in [0.717, 1.165) is 12.8 Å². The SMILES string of the molecule is CCOC(=O)C1(CC)OC12CCC(C)(C)c1ccccc12. The second-order valence-electron chi connectivity index (χ2n) is 6.76. The van der Waals surface area contributed by atoms with Crippen LogP contribution in [0.2, 0.25) is 0 Å².